The van der Waals surface area contributed by atoms with Crippen molar-refractivity contribution >= 4 is 27.7 Å². The molecule has 2 rings (SSSR count). The molecule has 126 valence electrons. The van der Waals surface area contributed by atoms with E-state index in [1.165, 1.54) is 0 Å². The summed E-state index contributed by atoms with van der Waals surface area (Å²) in [7, 11) is -4.70. The number of aromatic nitrogens is 1. The number of carbonyl (C=O) groups is 1. The highest BCUT2D eigenvalue weighted by atomic mass is 32.2. The number of nitrogens with two attached hydrogens (primary N) is 2. The van der Waals surface area contributed by atoms with Crippen LogP contribution in [0.25, 0.3) is 0 Å². The number of rotatable bonds is 2. The normalized spacial score (nSPS) is 9.96. The Morgan fingerprint density at radius 1 is 1.13 bits per heavy atom. The summed E-state index contributed by atoms with van der Waals surface area (Å²) in [4.78, 5) is 12.5. The largest absolute Gasteiger partial charge is 0.744 e. The van der Waals surface area contributed by atoms with E-state index in [2.05, 4.69) is 4.98 Å². The van der Waals surface area contributed by atoms with Crippen molar-refractivity contribution in [1.82, 2.24) is 0 Å². The molecule has 2 aromatic rings. The van der Waals surface area contributed by atoms with Crippen molar-refractivity contribution in [2.45, 2.75) is 4.90 Å². The molecule has 0 fully saturated rings. The van der Waals surface area contributed by atoms with Crippen molar-refractivity contribution < 1.29 is 38.4 Å². The first kappa shape index (κ1) is 20.1. The van der Waals surface area contributed by atoms with Crippen LogP contribution in [0.3, 0.4) is 0 Å². The lowest BCUT2D eigenvalue weighted by Crippen LogP contribution is -2.14. The predicted octanol–water partition coefficient (Wildman–Crippen LogP) is -1.17. The van der Waals surface area contributed by atoms with Gasteiger partial charge in [0.05, 0.1) is 4.90 Å². The van der Waals surface area contributed by atoms with Gasteiger partial charge >= 0.3 is 5.97 Å². The van der Waals surface area contributed by atoms with Gasteiger partial charge in [-0.05, 0) is 24.3 Å². The van der Waals surface area contributed by atoms with E-state index in [4.69, 9.17) is 21.7 Å². The smallest absolute Gasteiger partial charge is 0.339 e. The summed E-state index contributed by atoms with van der Waals surface area (Å²) in [6.45, 7) is 0. The van der Waals surface area contributed by atoms with Crippen LogP contribution < -0.4 is 16.5 Å². The van der Waals surface area contributed by atoms with Crippen molar-refractivity contribution in [3.8, 4) is 5.75 Å². The van der Waals surface area contributed by atoms with Crippen LogP contribution >= 0.6 is 0 Å². The molecule has 0 saturated heterocycles. The number of aromatic amines is 1. The number of hydrogen-bond donors (Lipinski definition) is 4. The van der Waals surface area contributed by atoms with Crippen LogP contribution in [-0.2, 0) is 10.1 Å². The molecule has 0 bridgehead atoms. The van der Waals surface area contributed by atoms with Gasteiger partial charge in [-0.15, -0.1) is 0 Å². The third-order valence-electron chi connectivity index (χ3n) is 2.33. The monoisotopic (exact) mass is 345 g/mol. The molecule has 11 heteroatoms. The molecule has 0 saturated carbocycles. The average molecular weight is 345 g/mol. The highest BCUT2D eigenvalue weighted by molar-refractivity contribution is 7.85. The molecule has 0 amide bonds. The molecule has 0 aliphatic heterocycles. The van der Waals surface area contributed by atoms with Gasteiger partial charge in [-0.2, -0.15) is 0 Å². The highest BCUT2D eigenvalue weighted by Gasteiger charge is 2.12. The molecule has 1 aromatic heterocycles. The zero-order chi connectivity index (χ0) is 16.9. The summed E-state index contributed by atoms with van der Waals surface area (Å²) in [6.07, 6.45) is 0. The summed E-state index contributed by atoms with van der Waals surface area (Å²) in [5, 5.41) is 17.5. The molecule has 0 radical (unpaired) electrons. The van der Waals surface area contributed by atoms with Gasteiger partial charge in [0.2, 0.25) is 11.6 Å². The number of H-pyrrole nitrogens is 1. The minimum absolute atomic E-state index is 0. The van der Waals surface area contributed by atoms with Crippen molar-refractivity contribution in [3.05, 3.63) is 42.0 Å². The topological polar surface area (TPSA) is 212 Å². The molecule has 9 N–H and O–H groups in total. The first-order valence-electron chi connectivity index (χ1n) is 5.66. The Morgan fingerprint density at radius 2 is 1.65 bits per heavy atom. The van der Waals surface area contributed by atoms with Crippen LogP contribution in [0.5, 0.6) is 5.75 Å². The van der Waals surface area contributed by atoms with Gasteiger partial charge < -0.3 is 31.7 Å². The van der Waals surface area contributed by atoms with Gasteiger partial charge in [-0.25, -0.2) is 18.2 Å². The van der Waals surface area contributed by atoms with E-state index in [0.717, 1.165) is 12.1 Å². The maximum Gasteiger partial charge on any atom is 0.339 e. The summed E-state index contributed by atoms with van der Waals surface area (Å²) in [5.74, 6) is -0.923. The molecule has 23 heavy (non-hydrogen) atoms. The third kappa shape index (κ3) is 6.17. The Labute approximate surface area is 131 Å². The molecule has 0 unspecified atom stereocenters. The Morgan fingerprint density at radius 3 is 2.00 bits per heavy atom. The molecule has 10 nitrogen and oxygen atoms in total. The first-order valence-corrected chi connectivity index (χ1v) is 7.07. The second-order valence-corrected chi connectivity index (χ2v) is 5.38. The van der Waals surface area contributed by atoms with E-state index in [0.29, 0.717) is 17.7 Å². The molecular weight excluding hydrogens is 330 g/mol. The van der Waals surface area contributed by atoms with Gasteiger partial charge in [-0.1, -0.05) is 0 Å². The fraction of sp³-hybridized carbons (Fsp3) is 0. The number of nitrogens with one attached hydrogen (secondary N) is 1. The van der Waals surface area contributed by atoms with E-state index >= 15 is 0 Å². The van der Waals surface area contributed by atoms with E-state index in [-0.39, 0.29) is 5.48 Å². The van der Waals surface area contributed by atoms with Gasteiger partial charge in [0.15, 0.2) is 0 Å². The number of anilines is 2. The number of aromatic carboxylic acids is 1. The fourth-order valence-corrected chi connectivity index (χ4v) is 1.84. The maximum atomic E-state index is 10.5. The molecule has 0 aliphatic rings. The summed E-state index contributed by atoms with van der Waals surface area (Å²) >= 11 is 0. The van der Waals surface area contributed by atoms with E-state index in [9.17, 15) is 17.8 Å². The number of hydrogen-bond acceptors (Lipinski definition) is 7. The number of benzene rings is 1. The van der Waals surface area contributed by atoms with Crippen LogP contribution in [0, 0.1) is 0 Å². The molecule has 1 heterocycles. The summed E-state index contributed by atoms with van der Waals surface area (Å²) in [6, 6.07) is 7.58. The molecule has 0 atom stereocenters. The second-order valence-electron chi connectivity index (χ2n) is 4.00. The van der Waals surface area contributed by atoms with Crippen LogP contribution in [0.4, 0.5) is 11.6 Å². The average Bonchev–Trinajstić information content (AvgIpc) is 2.37. The van der Waals surface area contributed by atoms with Crippen molar-refractivity contribution in [1.29, 1.82) is 0 Å². The number of carboxylic acid groups (broad SMARTS) is 1. The fourth-order valence-electron chi connectivity index (χ4n) is 1.35. The maximum absolute atomic E-state index is 10.5. The Kier molecular flexibility index (Phi) is 6.94. The predicted molar refractivity (Wildman–Crippen MR) is 78.5 cm³/mol. The first-order chi connectivity index (χ1) is 10.1. The van der Waals surface area contributed by atoms with Gasteiger partial charge in [0, 0.05) is 12.1 Å². The van der Waals surface area contributed by atoms with Gasteiger partial charge in [0.25, 0.3) is 0 Å². The zero-order valence-corrected chi connectivity index (χ0v) is 12.4. The minimum Gasteiger partial charge on any atom is -0.744 e. The standard InChI is InChI=1S/C7H6O6S.C5H7N3.H2O/c8-6-2-1-4(14(11,12)13)3-5(6)7(9)10;6-4-2-1-3-5(7)8-4;/h1-3,8H,(H,9,10)(H,11,12,13);1-3H,(H4,6,7,8);1H2. The third-order valence-corrected chi connectivity index (χ3v) is 3.16. The highest BCUT2D eigenvalue weighted by Crippen LogP contribution is 2.20. The number of nitrogen functional groups attached to an aromatic ring is 2. The Balaban J connectivity index is 0.000000460. The number of phenols is 1. The van der Waals surface area contributed by atoms with E-state index < -0.39 is 32.3 Å². The van der Waals surface area contributed by atoms with Crippen molar-refractivity contribution in [3.63, 3.8) is 0 Å². The zero-order valence-electron chi connectivity index (χ0n) is 11.6. The van der Waals surface area contributed by atoms with Crippen LogP contribution in [-0.4, -0.2) is 34.6 Å². The Hall–Kier alpha value is -2.89. The molecule has 1 aromatic carbocycles. The van der Waals surface area contributed by atoms with E-state index in [1.54, 1.807) is 18.2 Å². The summed E-state index contributed by atoms with van der Waals surface area (Å²) in [5.41, 5.74) is 10.0. The van der Waals surface area contributed by atoms with E-state index in [1.807, 2.05) is 0 Å². The minimum atomic E-state index is -4.70. The number of aromatic hydroxyl groups is 1. The lowest BCUT2D eigenvalue weighted by molar-refractivity contribution is -0.342. The molecule has 0 aliphatic carbocycles. The van der Waals surface area contributed by atoms with Crippen LogP contribution in [0.2, 0.25) is 0 Å². The van der Waals surface area contributed by atoms with Crippen LogP contribution in [0.1, 0.15) is 10.4 Å². The number of carboxylic acids is 1. The van der Waals surface area contributed by atoms with Gasteiger partial charge in [0.1, 0.15) is 21.4 Å². The van der Waals surface area contributed by atoms with Gasteiger partial charge in [-0.3, -0.25) is 0 Å². The molecular formula is C12H15N3O7S. The molecule has 0 spiro atoms. The lowest BCUT2D eigenvalue weighted by atomic mass is 10.2. The quantitative estimate of drug-likeness (QED) is 0.485. The second kappa shape index (κ2) is 7.93. The van der Waals surface area contributed by atoms with Crippen LogP contribution in [0.15, 0.2) is 41.3 Å². The van der Waals surface area contributed by atoms with Crippen molar-refractivity contribution in [2.24, 2.45) is 0 Å². The summed E-state index contributed by atoms with van der Waals surface area (Å²) < 4.78 is 31.5. The Bertz CT molecular complexity index is 776. The lowest BCUT2D eigenvalue weighted by Gasteiger charge is -2.08. The SMILES string of the molecule is Nc1cccc(N)[nH+]1.O.O=C(O)c1cc(S(=O)(=O)[O-])ccc1O. The van der Waals surface area contributed by atoms with Crippen molar-refractivity contribution in [2.75, 3.05) is 11.5 Å². The number of pyridine rings is 1.